The van der Waals surface area contributed by atoms with Gasteiger partial charge in [-0.15, -0.1) is 0 Å². The zero-order valence-electron chi connectivity index (χ0n) is 11.5. The fourth-order valence-corrected chi connectivity index (χ4v) is 3.53. The first-order valence-electron chi connectivity index (χ1n) is 7.10. The maximum absolute atomic E-state index is 6.38. The molecule has 0 radical (unpaired) electrons. The van der Waals surface area contributed by atoms with Crippen molar-refractivity contribution >= 4 is 15.9 Å². The van der Waals surface area contributed by atoms with Crippen LogP contribution in [-0.4, -0.2) is 0 Å². The second kappa shape index (κ2) is 6.21. The lowest BCUT2D eigenvalue weighted by Gasteiger charge is -2.18. The van der Waals surface area contributed by atoms with Crippen LogP contribution in [0, 0.1) is 19.8 Å². The Kier molecular flexibility index (Phi) is 4.85. The second-order valence-electron chi connectivity index (χ2n) is 5.79. The van der Waals surface area contributed by atoms with Crippen molar-refractivity contribution in [3.63, 3.8) is 0 Å². The van der Waals surface area contributed by atoms with Gasteiger partial charge in [0.15, 0.2) is 0 Å². The van der Waals surface area contributed by atoms with Crippen LogP contribution < -0.4 is 5.73 Å². The summed E-state index contributed by atoms with van der Waals surface area (Å²) in [5.74, 6) is 0.938. The molecule has 0 aromatic heterocycles. The van der Waals surface area contributed by atoms with Crippen LogP contribution >= 0.6 is 15.9 Å². The number of halogens is 1. The Balaban J connectivity index is 1.99. The summed E-state index contributed by atoms with van der Waals surface area (Å²) in [6, 6.07) is 4.65. The summed E-state index contributed by atoms with van der Waals surface area (Å²) in [7, 11) is 0. The first kappa shape index (κ1) is 14.1. The van der Waals surface area contributed by atoms with Gasteiger partial charge in [-0.3, -0.25) is 0 Å². The van der Waals surface area contributed by atoms with Crippen molar-refractivity contribution in [3.05, 3.63) is 33.3 Å². The molecule has 2 heteroatoms. The Morgan fingerprint density at radius 2 is 1.89 bits per heavy atom. The van der Waals surface area contributed by atoms with Crippen molar-refractivity contribution in [1.82, 2.24) is 0 Å². The van der Waals surface area contributed by atoms with E-state index in [1.165, 1.54) is 53.3 Å². The SMILES string of the molecule is Cc1cc(C(N)CCC2CCCC2)c(C)cc1Br. The molecule has 2 rings (SSSR count). The molecule has 1 aromatic rings. The van der Waals surface area contributed by atoms with Gasteiger partial charge in [-0.25, -0.2) is 0 Å². The fraction of sp³-hybridized carbons (Fsp3) is 0.625. The monoisotopic (exact) mass is 309 g/mol. The topological polar surface area (TPSA) is 26.0 Å². The number of hydrogen-bond donors (Lipinski definition) is 1. The minimum Gasteiger partial charge on any atom is -0.324 e. The van der Waals surface area contributed by atoms with Gasteiger partial charge in [0, 0.05) is 10.5 Å². The molecule has 1 saturated carbocycles. The first-order valence-corrected chi connectivity index (χ1v) is 7.89. The Labute approximate surface area is 119 Å². The van der Waals surface area contributed by atoms with E-state index in [0.29, 0.717) is 0 Å². The van der Waals surface area contributed by atoms with Crippen molar-refractivity contribution in [3.8, 4) is 0 Å². The summed E-state index contributed by atoms with van der Waals surface area (Å²) < 4.78 is 1.19. The summed E-state index contributed by atoms with van der Waals surface area (Å²) in [6.07, 6.45) is 8.13. The Hall–Kier alpha value is -0.340. The normalized spacial score (nSPS) is 18.2. The molecule has 2 N–H and O–H groups in total. The van der Waals surface area contributed by atoms with Crippen LogP contribution in [-0.2, 0) is 0 Å². The molecule has 0 aliphatic heterocycles. The molecule has 1 nitrogen and oxygen atoms in total. The van der Waals surface area contributed by atoms with E-state index >= 15 is 0 Å². The number of hydrogen-bond acceptors (Lipinski definition) is 1. The van der Waals surface area contributed by atoms with Crippen molar-refractivity contribution in [2.75, 3.05) is 0 Å². The van der Waals surface area contributed by atoms with Crippen LogP contribution in [0.5, 0.6) is 0 Å². The zero-order valence-corrected chi connectivity index (χ0v) is 13.1. The summed E-state index contributed by atoms with van der Waals surface area (Å²) in [5.41, 5.74) is 10.3. The van der Waals surface area contributed by atoms with Gasteiger partial charge in [-0.2, -0.15) is 0 Å². The van der Waals surface area contributed by atoms with Gasteiger partial charge in [-0.1, -0.05) is 47.7 Å². The maximum Gasteiger partial charge on any atom is 0.0297 e. The summed E-state index contributed by atoms with van der Waals surface area (Å²) >= 11 is 3.58. The number of aryl methyl sites for hydroxylation is 2. The third-order valence-corrected chi connectivity index (χ3v) is 5.16. The molecule has 0 amide bonds. The smallest absolute Gasteiger partial charge is 0.0297 e. The Bertz CT molecular complexity index is 408. The third-order valence-electron chi connectivity index (χ3n) is 4.31. The molecule has 0 spiro atoms. The predicted molar refractivity (Wildman–Crippen MR) is 81.7 cm³/mol. The van der Waals surface area contributed by atoms with Crippen molar-refractivity contribution < 1.29 is 0 Å². The number of nitrogens with two attached hydrogens (primary N) is 1. The van der Waals surface area contributed by atoms with Crippen LogP contribution in [0.3, 0.4) is 0 Å². The molecule has 1 unspecified atom stereocenters. The quantitative estimate of drug-likeness (QED) is 0.828. The Morgan fingerprint density at radius 3 is 2.56 bits per heavy atom. The van der Waals surface area contributed by atoms with Crippen molar-refractivity contribution in [1.29, 1.82) is 0 Å². The molecule has 0 saturated heterocycles. The lowest BCUT2D eigenvalue weighted by atomic mass is 9.92. The highest BCUT2D eigenvalue weighted by Gasteiger charge is 2.17. The molecule has 1 aromatic carbocycles. The molecule has 1 atom stereocenters. The van der Waals surface area contributed by atoms with Crippen LogP contribution in [0.1, 0.15) is 61.3 Å². The van der Waals surface area contributed by atoms with E-state index in [4.69, 9.17) is 5.73 Å². The minimum absolute atomic E-state index is 0.206. The van der Waals surface area contributed by atoms with E-state index in [2.05, 4.69) is 41.9 Å². The zero-order chi connectivity index (χ0) is 13.1. The van der Waals surface area contributed by atoms with Gasteiger partial charge in [0.2, 0.25) is 0 Å². The number of benzene rings is 1. The molecule has 18 heavy (non-hydrogen) atoms. The molecule has 0 heterocycles. The molecular formula is C16H24BrN. The van der Waals surface area contributed by atoms with Gasteiger partial charge in [0.05, 0.1) is 0 Å². The standard InChI is InChI=1S/C16H24BrN/c1-11-10-15(17)12(2)9-14(11)16(18)8-7-13-5-3-4-6-13/h9-10,13,16H,3-8,18H2,1-2H3. The average molecular weight is 310 g/mol. The summed E-state index contributed by atoms with van der Waals surface area (Å²) in [4.78, 5) is 0. The highest BCUT2D eigenvalue weighted by molar-refractivity contribution is 9.10. The van der Waals surface area contributed by atoms with E-state index in [0.717, 1.165) is 12.3 Å². The van der Waals surface area contributed by atoms with E-state index in [9.17, 15) is 0 Å². The lowest BCUT2D eigenvalue weighted by molar-refractivity contribution is 0.453. The van der Waals surface area contributed by atoms with E-state index in [1.54, 1.807) is 0 Å². The van der Waals surface area contributed by atoms with Crippen molar-refractivity contribution in [2.24, 2.45) is 11.7 Å². The number of rotatable bonds is 4. The lowest BCUT2D eigenvalue weighted by Crippen LogP contribution is -2.13. The third kappa shape index (κ3) is 3.36. The van der Waals surface area contributed by atoms with E-state index in [-0.39, 0.29) is 6.04 Å². The van der Waals surface area contributed by atoms with Crippen molar-refractivity contribution in [2.45, 2.75) is 58.4 Å². The molecule has 1 fully saturated rings. The second-order valence-corrected chi connectivity index (χ2v) is 6.65. The average Bonchev–Trinajstić information content (AvgIpc) is 2.84. The molecule has 100 valence electrons. The van der Waals surface area contributed by atoms with Gasteiger partial charge in [0.25, 0.3) is 0 Å². The largest absolute Gasteiger partial charge is 0.324 e. The maximum atomic E-state index is 6.38. The molecule has 1 aliphatic rings. The van der Waals surface area contributed by atoms with Gasteiger partial charge >= 0.3 is 0 Å². The molecular weight excluding hydrogens is 286 g/mol. The van der Waals surface area contributed by atoms with Gasteiger partial charge in [-0.05, 0) is 55.4 Å². The highest BCUT2D eigenvalue weighted by Crippen LogP contribution is 2.32. The Morgan fingerprint density at radius 1 is 1.22 bits per heavy atom. The fourth-order valence-electron chi connectivity index (χ4n) is 3.07. The van der Waals surface area contributed by atoms with Crippen LogP contribution in [0.25, 0.3) is 0 Å². The van der Waals surface area contributed by atoms with Gasteiger partial charge in [0.1, 0.15) is 0 Å². The first-order chi connectivity index (χ1) is 8.58. The van der Waals surface area contributed by atoms with E-state index in [1.807, 2.05) is 0 Å². The van der Waals surface area contributed by atoms with Crippen LogP contribution in [0.4, 0.5) is 0 Å². The van der Waals surface area contributed by atoms with Gasteiger partial charge < -0.3 is 5.73 Å². The minimum atomic E-state index is 0.206. The van der Waals surface area contributed by atoms with Crippen LogP contribution in [0.2, 0.25) is 0 Å². The summed E-state index contributed by atoms with van der Waals surface area (Å²) in [5, 5.41) is 0. The molecule has 0 bridgehead atoms. The predicted octanol–water partition coefficient (Wildman–Crippen LogP) is 5.04. The molecule has 1 aliphatic carbocycles. The van der Waals surface area contributed by atoms with E-state index < -0.39 is 0 Å². The highest BCUT2D eigenvalue weighted by atomic mass is 79.9. The van der Waals surface area contributed by atoms with Crippen LogP contribution in [0.15, 0.2) is 16.6 Å². The summed E-state index contributed by atoms with van der Waals surface area (Å²) in [6.45, 7) is 4.30.